The highest BCUT2D eigenvalue weighted by Crippen LogP contribution is 2.19. The van der Waals surface area contributed by atoms with Crippen LogP contribution in [0.5, 0.6) is 0 Å². The van der Waals surface area contributed by atoms with E-state index in [1.807, 2.05) is 0 Å². The normalized spacial score (nSPS) is 10.5. The molecule has 0 bridgehead atoms. The van der Waals surface area contributed by atoms with Crippen molar-refractivity contribution in [3.8, 4) is 0 Å². The first-order valence-electron chi connectivity index (χ1n) is 4.34. The molecule has 0 aliphatic heterocycles. The average molecular weight is 209 g/mol. The number of benzene rings is 1. The summed E-state index contributed by atoms with van der Waals surface area (Å²) in [6.45, 7) is 1.34. The van der Waals surface area contributed by atoms with Gasteiger partial charge in [0, 0.05) is 18.4 Å². The van der Waals surface area contributed by atoms with Crippen molar-refractivity contribution in [1.82, 2.24) is 5.16 Å². The van der Waals surface area contributed by atoms with Gasteiger partial charge < -0.3 is 9.26 Å². The van der Waals surface area contributed by atoms with Gasteiger partial charge in [-0.15, -0.1) is 0 Å². The van der Waals surface area contributed by atoms with Crippen LogP contribution in [0.1, 0.15) is 12.6 Å². The fourth-order valence-corrected chi connectivity index (χ4v) is 1.24. The topological polar surface area (TPSA) is 52.3 Å². The molecular weight excluding hydrogens is 201 g/mol. The number of carbonyl (C=O) groups excluding carboxylic acids is 1. The fraction of sp³-hybridized carbons (Fsp3) is 0.200. The van der Waals surface area contributed by atoms with Gasteiger partial charge in [0.15, 0.2) is 5.58 Å². The first-order chi connectivity index (χ1) is 7.16. The third-order valence-corrected chi connectivity index (χ3v) is 1.92. The predicted molar refractivity (Wildman–Crippen MR) is 49.4 cm³/mol. The molecule has 0 saturated carbocycles. The minimum Gasteiger partial charge on any atom is -0.459 e. The lowest BCUT2D eigenvalue weighted by atomic mass is 10.2. The van der Waals surface area contributed by atoms with Crippen molar-refractivity contribution >= 4 is 16.9 Å². The van der Waals surface area contributed by atoms with Gasteiger partial charge in [-0.3, -0.25) is 4.79 Å². The van der Waals surface area contributed by atoms with Crippen molar-refractivity contribution in [2.24, 2.45) is 0 Å². The third kappa shape index (κ3) is 1.96. The van der Waals surface area contributed by atoms with E-state index in [4.69, 9.17) is 9.26 Å². The quantitative estimate of drug-likeness (QED) is 0.710. The minimum absolute atomic E-state index is 0.0357. The van der Waals surface area contributed by atoms with Gasteiger partial charge >= 0.3 is 5.97 Å². The van der Waals surface area contributed by atoms with Crippen LogP contribution < -0.4 is 0 Å². The highest BCUT2D eigenvalue weighted by atomic mass is 19.1. The number of hydrogen-bond acceptors (Lipinski definition) is 4. The number of esters is 1. The molecule has 1 aromatic carbocycles. The molecule has 1 heterocycles. The van der Waals surface area contributed by atoms with Gasteiger partial charge in [0.1, 0.15) is 18.1 Å². The molecule has 0 spiro atoms. The van der Waals surface area contributed by atoms with E-state index in [9.17, 15) is 9.18 Å². The van der Waals surface area contributed by atoms with Crippen LogP contribution in [-0.2, 0) is 16.1 Å². The van der Waals surface area contributed by atoms with E-state index in [0.29, 0.717) is 16.7 Å². The van der Waals surface area contributed by atoms with E-state index in [1.165, 1.54) is 19.1 Å². The second-order valence-electron chi connectivity index (χ2n) is 3.05. The number of ether oxygens (including phenoxy) is 1. The van der Waals surface area contributed by atoms with Crippen molar-refractivity contribution in [3.05, 3.63) is 29.7 Å². The number of hydrogen-bond donors (Lipinski definition) is 0. The Hall–Kier alpha value is -1.91. The maximum atomic E-state index is 12.8. The number of nitrogens with zero attached hydrogens (tertiary/aromatic N) is 1. The van der Waals surface area contributed by atoms with Crippen LogP contribution in [0.4, 0.5) is 4.39 Å². The zero-order valence-electron chi connectivity index (χ0n) is 7.99. The van der Waals surface area contributed by atoms with Gasteiger partial charge in [-0.2, -0.15) is 0 Å². The van der Waals surface area contributed by atoms with E-state index in [1.54, 1.807) is 6.07 Å². The van der Waals surface area contributed by atoms with Gasteiger partial charge in [-0.05, 0) is 12.1 Å². The summed E-state index contributed by atoms with van der Waals surface area (Å²) in [6, 6.07) is 4.08. The minimum atomic E-state index is -0.395. The fourth-order valence-electron chi connectivity index (χ4n) is 1.24. The van der Waals surface area contributed by atoms with E-state index in [-0.39, 0.29) is 6.61 Å². The van der Waals surface area contributed by atoms with Crippen molar-refractivity contribution < 1.29 is 18.4 Å². The Labute approximate surface area is 84.6 Å². The monoisotopic (exact) mass is 209 g/mol. The van der Waals surface area contributed by atoms with Crippen LogP contribution in [0, 0.1) is 5.82 Å². The maximum Gasteiger partial charge on any atom is 0.303 e. The number of halogens is 1. The molecule has 0 N–H and O–H groups in total. The van der Waals surface area contributed by atoms with Crippen LogP contribution in [0.15, 0.2) is 22.7 Å². The lowest BCUT2D eigenvalue weighted by molar-refractivity contribution is -0.142. The molecule has 1 aromatic heterocycles. The molecule has 0 fully saturated rings. The number of fused-ring (bicyclic) bond motifs is 1. The Bertz CT molecular complexity index is 506. The van der Waals surface area contributed by atoms with Crippen LogP contribution in [0.3, 0.4) is 0 Å². The first kappa shape index (κ1) is 9.64. The molecule has 0 amide bonds. The van der Waals surface area contributed by atoms with Gasteiger partial charge in [-0.1, -0.05) is 5.16 Å². The molecule has 2 rings (SSSR count). The van der Waals surface area contributed by atoms with Gasteiger partial charge in [0.2, 0.25) is 0 Å². The van der Waals surface area contributed by atoms with Crippen molar-refractivity contribution in [2.45, 2.75) is 13.5 Å². The van der Waals surface area contributed by atoms with Crippen LogP contribution in [-0.4, -0.2) is 11.1 Å². The van der Waals surface area contributed by atoms with Crippen molar-refractivity contribution in [2.75, 3.05) is 0 Å². The molecule has 0 atom stereocenters. The molecule has 0 radical (unpaired) electrons. The van der Waals surface area contributed by atoms with Gasteiger partial charge in [-0.25, -0.2) is 4.39 Å². The summed E-state index contributed by atoms with van der Waals surface area (Å²) >= 11 is 0. The summed E-state index contributed by atoms with van der Waals surface area (Å²) in [7, 11) is 0. The molecule has 0 aliphatic rings. The summed E-state index contributed by atoms with van der Waals surface area (Å²) in [4.78, 5) is 10.6. The van der Waals surface area contributed by atoms with E-state index < -0.39 is 11.8 Å². The number of carbonyl (C=O) groups is 1. The first-order valence-corrected chi connectivity index (χ1v) is 4.34. The Morgan fingerprint density at radius 3 is 3.13 bits per heavy atom. The Morgan fingerprint density at radius 1 is 1.60 bits per heavy atom. The molecule has 0 saturated heterocycles. The molecule has 5 heteroatoms. The highest BCUT2D eigenvalue weighted by molar-refractivity contribution is 5.79. The highest BCUT2D eigenvalue weighted by Gasteiger charge is 2.09. The van der Waals surface area contributed by atoms with Crippen LogP contribution in [0.25, 0.3) is 11.0 Å². The summed E-state index contributed by atoms with van der Waals surface area (Å²) in [5, 5.41) is 4.34. The standard InChI is InChI=1S/C10H8FNO3/c1-6(13)14-5-9-8-3-2-7(11)4-10(8)15-12-9/h2-4H,5H2,1H3. The summed E-state index contributed by atoms with van der Waals surface area (Å²) in [5.74, 6) is -0.786. The number of aromatic nitrogens is 1. The maximum absolute atomic E-state index is 12.8. The summed E-state index contributed by atoms with van der Waals surface area (Å²) in [6.07, 6.45) is 0. The molecule has 78 valence electrons. The van der Waals surface area contributed by atoms with Crippen molar-refractivity contribution in [3.63, 3.8) is 0 Å². The second kappa shape index (κ2) is 3.68. The Kier molecular flexibility index (Phi) is 2.37. The van der Waals surface area contributed by atoms with Crippen LogP contribution in [0.2, 0.25) is 0 Å². The lowest BCUT2D eigenvalue weighted by Crippen LogP contribution is -1.99. The average Bonchev–Trinajstić information content (AvgIpc) is 2.57. The van der Waals surface area contributed by atoms with E-state index >= 15 is 0 Å². The SMILES string of the molecule is CC(=O)OCc1noc2cc(F)ccc12. The molecule has 4 nitrogen and oxygen atoms in total. The van der Waals surface area contributed by atoms with E-state index in [2.05, 4.69) is 5.16 Å². The molecule has 0 unspecified atom stereocenters. The Balaban J connectivity index is 2.32. The summed E-state index contributed by atoms with van der Waals surface area (Å²) < 4.78 is 22.4. The summed E-state index contributed by atoms with van der Waals surface area (Å²) in [5.41, 5.74) is 0.831. The second-order valence-corrected chi connectivity index (χ2v) is 3.05. The largest absolute Gasteiger partial charge is 0.459 e. The zero-order valence-corrected chi connectivity index (χ0v) is 7.99. The molecule has 0 aliphatic carbocycles. The zero-order chi connectivity index (χ0) is 10.8. The third-order valence-electron chi connectivity index (χ3n) is 1.92. The number of rotatable bonds is 2. The molecule has 2 aromatic rings. The Morgan fingerprint density at radius 2 is 2.40 bits per heavy atom. The van der Waals surface area contributed by atoms with Gasteiger partial charge in [0.05, 0.1) is 0 Å². The predicted octanol–water partition coefficient (Wildman–Crippen LogP) is 2.03. The van der Waals surface area contributed by atoms with Gasteiger partial charge in [0.25, 0.3) is 0 Å². The molecule has 15 heavy (non-hydrogen) atoms. The lowest BCUT2D eigenvalue weighted by Gasteiger charge is -1.96. The van der Waals surface area contributed by atoms with E-state index in [0.717, 1.165) is 0 Å². The van der Waals surface area contributed by atoms with Crippen molar-refractivity contribution in [1.29, 1.82) is 0 Å². The smallest absolute Gasteiger partial charge is 0.303 e. The van der Waals surface area contributed by atoms with Crippen LogP contribution >= 0.6 is 0 Å². The molecular formula is C10H8FNO3.